The molecule has 7 nitrogen and oxygen atoms in total. The molecule has 0 saturated heterocycles. The van der Waals surface area contributed by atoms with Gasteiger partial charge in [-0.3, -0.25) is 10.00 Å². The Bertz CT molecular complexity index is 779. The second-order valence-corrected chi connectivity index (χ2v) is 5.10. The molecule has 0 atom stereocenters. The summed E-state index contributed by atoms with van der Waals surface area (Å²) in [5.41, 5.74) is 2.14. The number of hydrogen-bond donors (Lipinski definition) is 2. The number of rotatable bonds is 5. The van der Waals surface area contributed by atoms with Crippen LogP contribution >= 0.6 is 0 Å². The van der Waals surface area contributed by atoms with E-state index < -0.39 is 0 Å². The summed E-state index contributed by atoms with van der Waals surface area (Å²) >= 11 is 0. The number of amides is 2. The van der Waals surface area contributed by atoms with Gasteiger partial charge in [-0.15, -0.1) is 0 Å². The molecule has 0 unspecified atom stereocenters. The first-order chi connectivity index (χ1) is 11.2. The van der Waals surface area contributed by atoms with Crippen LogP contribution in [-0.4, -0.2) is 21.0 Å². The minimum absolute atomic E-state index is 0.327. The first-order valence-corrected chi connectivity index (χ1v) is 7.23. The van der Waals surface area contributed by atoms with E-state index in [9.17, 15) is 4.79 Å². The predicted octanol–water partition coefficient (Wildman–Crippen LogP) is 2.55. The van der Waals surface area contributed by atoms with E-state index in [-0.39, 0.29) is 6.03 Å². The molecule has 2 aromatic heterocycles. The Labute approximate surface area is 133 Å². The average Bonchev–Trinajstić information content (AvgIpc) is 3.18. The standard InChI is InChI=1S/C16H17N5O2/c1-12-9-15(20-23-12)19-16(22)17-10-13-5-2-3-6-14(13)11-21-8-4-7-18-21/h2-9H,10-11H2,1H3,(H2,17,19,20,22). The lowest BCUT2D eigenvalue weighted by Gasteiger charge is -2.11. The van der Waals surface area contributed by atoms with Crippen molar-refractivity contribution in [1.82, 2.24) is 20.3 Å². The molecule has 0 spiro atoms. The van der Waals surface area contributed by atoms with Gasteiger partial charge < -0.3 is 9.84 Å². The maximum atomic E-state index is 11.9. The maximum absolute atomic E-state index is 11.9. The Morgan fingerprint density at radius 1 is 1.26 bits per heavy atom. The van der Waals surface area contributed by atoms with Crippen molar-refractivity contribution in [3.8, 4) is 0 Å². The number of carbonyl (C=O) groups is 1. The van der Waals surface area contributed by atoms with Crippen LogP contribution in [0.5, 0.6) is 0 Å². The van der Waals surface area contributed by atoms with E-state index in [0.29, 0.717) is 24.7 Å². The highest BCUT2D eigenvalue weighted by atomic mass is 16.5. The number of aromatic nitrogens is 3. The summed E-state index contributed by atoms with van der Waals surface area (Å²) in [6.07, 6.45) is 3.65. The molecule has 1 aromatic carbocycles. The highest BCUT2D eigenvalue weighted by Gasteiger charge is 2.07. The van der Waals surface area contributed by atoms with Crippen molar-refractivity contribution in [2.75, 3.05) is 5.32 Å². The number of carbonyl (C=O) groups excluding carboxylic acids is 1. The van der Waals surface area contributed by atoms with Crippen LogP contribution in [-0.2, 0) is 13.1 Å². The summed E-state index contributed by atoms with van der Waals surface area (Å²) in [6.45, 7) is 2.84. The molecule has 3 aromatic rings. The summed E-state index contributed by atoms with van der Waals surface area (Å²) in [5.74, 6) is 1.04. The highest BCUT2D eigenvalue weighted by molar-refractivity contribution is 5.88. The largest absolute Gasteiger partial charge is 0.360 e. The zero-order valence-electron chi connectivity index (χ0n) is 12.7. The van der Waals surface area contributed by atoms with Gasteiger partial charge in [0.25, 0.3) is 0 Å². The smallest absolute Gasteiger partial charge is 0.320 e. The van der Waals surface area contributed by atoms with Gasteiger partial charge in [0.2, 0.25) is 0 Å². The molecule has 0 aliphatic carbocycles. The second-order valence-electron chi connectivity index (χ2n) is 5.10. The van der Waals surface area contributed by atoms with Crippen LogP contribution < -0.4 is 10.6 Å². The number of urea groups is 1. The van der Waals surface area contributed by atoms with Gasteiger partial charge in [-0.05, 0) is 24.1 Å². The molecule has 0 aliphatic rings. The number of nitrogens with one attached hydrogen (secondary N) is 2. The third kappa shape index (κ3) is 3.97. The average molecular weight is 311 g/mol. The summed E-state index contributed by atoms with van der Waals surface area (Å²) in [4.78, 5) is 11.9. The Hall–Kier alpha value is -3.09. The zero-order valence-corrected chi connectivity index (χ0v) is 12.7. The van der Waals surface area contributed by atoms with Crippen molar-refractivity contribution in [3.05, 3.63) is 65.7 Å². The Morgan fingerprint density at radius 3 is 2.78 bits per heavy atom. The summed E-state index contributed by atoms with van der Waals surface area (Å²) in [6, 6.07) is 11.1. The number of nitrogens with zero attached hydrogens (tertiary/aromatic N) is 3. The van der Waals surface area contributed by atoms with Crippen molar-refractivity contribution in [3.63, 3.8) is 0 Å². The van der Waals surface area contributed by atoms with Crippen LogP contribution in [0.1, 0.15) is 16.9 Å². The maximum Gasteiger partial charge on any atom is 0.320 e. The van der Waals surface area contributed by atoms with Crippen molar-refractivity contribution < 1.29 is 9.32 Å². The highest BCUT2D eigenvalue weighted by Crippen LogP contribution is 2.11. The van der Waals surface area contributed by atoms with Gasteiger partial charge in [-0.1, -0.05) is 29.4 Å². The Balaban J connectivity index is 1.60. The van der Waals surface area contributed by atoms with E-state index in [0.717, 1.165) is 11.1 Å². The Morgan fingerprint density at radius 2 is 2.09 bits per heavy atom. The number of anilines is 1. The van der Waals surface area contributed by atoms with Gasteiger partial charge >= 0.3 is 6.03 Å². The molecule has 7 heteroatoms. The van der Waals surface area contributed by atoms with Crippen molar-refractivity contribution >= 4 is 11.8 Å². The zero-order chi connectivity index (χ0) is 16.1. The number of benzene rings is 1. The van der Waals surface area contributed by atoms with Crippen molar-refractivity contribution in [2.24, 2.45) is 0 Å². The van der Waals surface area contributed by atoms with Gasteiger partial charge in [-0.25, -0.2) is 4.79 Å². The van der Waals surface area contributed by atoms with Gasteiger partial charge in [0.05, 0.1) is 6.54 Å². The van der Waals surface area contributed by atoms with Gasteiger partial charge in [0.1, 0.15) is 5.76 Å². The summed E-state index contributed by atoms with van der Waals surface area (Å²) < 4.78 is 6.75. The van der Waals surface area contributed by atoms with E-state index in [2.05, 4.69) is 20.9 Å². The summed E-state index contributed by atoms with van der Waals surface area (Å²) in [7, 11) is 0. The van der Waals surface area contributed by atoms with Crippen LogP contribution in [0.4, 0.5) is 10.6 Å². The van der Waals surface area contributed by atoms with Crippen molar-refractivity contribution in [1.29, 1.82) is 0 Å². The second kappa shape index (κ2) is 6.78. The molecule has 0 bridgehead atoms. The topological polar surface area (TPSA) is 85.0 Å². The summed E-state index contributed by atoms with van der Waals surface area (Å²) in [5, 5.41) is 13.4. The molecule has 118 valence electrons. The molecule has 0 aliphatic heterocycles. The van der Waals surface area contributed by atoms with Crippen LogP contribution in [0.15, 0.2) is 53.3 Å². The van der Waals surface area contributed by atoms with Gasteiger partial charge in [0, 0.05) is 25.0 Å². The van der Waals surface area contributed by atoms with Gasteiger partial charge in [0.15, 0.2) is 5.82 Å². The fourth-order valence-corrected chi connectivity index (χ4v) is 2.21. The molecular formula is C16H17N5O2. The molecular weight excluding hydrogens is 294 g/mol. The third-order valence-corrected chi connectivity index (χ3v) is 3.32. The minimum atomic E-state index is -0.327. The molecule has 23 heavy (non-hydrogen) atoms. The lowest BCUT2D eigenvalue weighted by atomic mass is 10.1. The third-order valence-electron chi connectivity index (χ3n) is 3.32. The fourth-order valence-electron chi connectivity index (χ4n) is 2.21. The van der Waals surface area contributed by atoms with Crippen LogP contribution in [0.25, 0.3) is 0 Å². The Kier molecular flexibility index (Phi) is 4.37. The van der Waals surface area contributed by atoms with Crippen LogP contribution in [0.2, 0.25) is 0 Å². The minimum Gasteiger partial charge on any atom is -0.360 e. The van der Waals surface area contributed by atoms with Crippen molar-refractivity contribution in [2.45, 2.75) is 20.0 Å². The molecule has 2 heterocycles. The SMILES string of the molecule is Cc1cc(NC(=O)NCc2ccccc2Cn2cccn2)no1. The first kappa shape index (κ1) is 14.8. The number of hydrogen-bond acceptors (Lipinski definition) is 4. The molecule has 2 N–H and O–H groups in total. The van der Waals surface area contributed by atoms with E-state index in [4.69, 9.17) is 4.52 Å². The number of aryl methyl sites for hydroxylation is 1. The van der Waals surface area contributed by atoms with Crippen LogP contribution in [0.3, 0.4) is 0 Å². The molecule has 0 radical (unpaired) electrons. The lowest BCUT2D eigenvalue weighted by Crippen LogP contribution is -2.28. The van der Waals surface area contributed by atoms with Crippen LogP contribution in [0, 0.1) is 6.92 Å². The van der Waals surface area contributed by atoms with E-state index >= 15 is 0 Å². The molecule has 0 saturated carbocycles. The molecule has 0 fully saturated rings. The molecule has 3 rings (SSSR count). The first-order valence-electron chi connectivity index (χ1n) is 7.23. The van der Waals surface area contributed by atoms with Gasteiger partial charge in [-0.2, -0.15) is 5.10 Å². The lowest BCUT2D eigenvalue weighted by molar-refractivity contribution is 0.251. The fraction of sp³-hybridized carbons (Fsp3) is 0.188. The van der Waals surface area contributed by atoms with E-state index in [1.165, 1.54) is 0 Å². The van der Waals surface area contributed by atoms with E-state index in [1.54, 1.807) is 19.2 Å². The molecule has 2 amide bonds. The van der Waals surface area contributed by atoms with E-state index in [1.807, 2.05) is 41.2 Å². The predicted molar refractivity (Wildman–Crippen MR) is 84.9 cm³/mol. The monoisotopic (exact) mass is 311 g/mol. The quantitative estimate of drug-likeness (QED) is 0.758. The normalized spacial score (nSPS) is 10.5.